The summed E-state index contributed by atoms with van der Waals surface area (Å²) in [4.78, 5) is 19.3. The van der Waals surface area contributed by atoms with E-state index in [2.05, 4.69) is 34.4 Å². The van der Waals surface area contributed by atoms with Crippen molar-refractivity contribution in [1.82, 2.24) is 20.1 Å². The Morgan fingerprint density at radius 2 is 2.03 bits per heavy atom. The van der Waals surface area contributed by atoms with E-state index < -0.39 is 6.10 Å². The van der Waals surface area contributed by atoms with Crippen LogP contribution in [0.5, 0.6) is 0 Å². The van der Waals surface area contributed by atoms with Gasteiger partial charge in [-0.1, -0.05) is 24.3 Å². The molecule has 1 aliphatic heterocycles. The maximum atomic E-state index is 12.4. The van der Waals surface area contributed by atoms with Gasteiger partial charge >= 0.3 is 0 Å². The molecular weight excluding hydrogens is 402 g/mol. The Labute approximate surface area is 186 Å². The smallest absolute Gasteiger partial charge is 0.269 e. The molecule has 162 valence electrons. The Morgan fingerprint density at radius 3 is 2.78 bits per heavy atom. The van der Waals surface area contributed by atoms with Gasteiger partial charge in [-0.2, -0.15) is 5.10 Å². The van der Waals surface area contributed by atoms with Crippen molar-refractivity contribution in [2.75, 3.05) is 18.5 Å². The van der Waals surface area contributed by atoms with Crippen LogP contribution in [0.1, 0.15) is 34.1 Å². The van der Waals surface area contributed by atoms with Gasteiger partial charge in [0.2, 0.25) is 0 Å². The third kappa shape index (κ3) is 3.31. The standard InChI is InChI=1S/C25H25N5O2/c1-15-10-22-20(12-19(15)17-13-27-29(3)14-17)23(31)8-9-30(22)24-18-7-5-4-6-16(18)11-21(28-24)25(32)26-2/h4-7,10-14,23,31H,8-9H2,1-3H3,(H,26,32). The van der Waals surface area contributed by atoms with E-state index in [4.69, 9.17) is 4.98 Å². The summed E-state index contributed by atoms with van der Waals surface area (Å²) < 4.78 is 1.78. The second-order valence-electron chi connectivity index (χ2n) is 8.22. The lowest BCUT2D eigenvalue weighted by atomic mass is 9.91. The first-order chi connectivity index (χ1) is 15.5. The summed E-state index contributed by atoms with van der Waals surface area (Å²) in [6.07, 6.45) is 3.82. The predicted octanol–water partition coefficient (Wildman–Crippen LogP) is 3.88. The van der Waals surface area contributed by atoms with Crippen molar-refractivity contribution in [3.8, 4) is 11.1 Å². The minimum atomic E-state index is -0.564. The lowest BCUT2D eigenvalue weighted by Crippen LogP contribution is -2.29. The Morgan fingerprint density at radius 1 is 1.22 bits per heavy atom. The van der Waals surface area contributed by atoms with Crippen molar-refractivity contribution in [2.45, 2.75) is 19.4 Å². The van der Waals surface area contributed by atoms with Crippen molar-refractivity contribution in [3.63, 3.8) is 0 Å². The van der Waals surface area contributed by atoms with Crippen LogP contribution in [0, 0.1) is 6.92 Å². The Bertz CT molecular complexity index is 1340. The van der Waals surface area contributed by atoms with Gasteiger partial charge in [0.25, 0.3) is 5.91 Å². The van der Waals surface area contributed by atoms with Gasteiger partial charge in [-0.15, -0.1) is 0 Å². The number of hydrogen-bond donors (Lipinski definition) is 2. The third-order valence-electron chi connectivity index (χ3n) is 6.10. The molecule has 0 spiro atoms. The van der Waals surface area contributed by atoms with E-state index >= 15 is 0 Å². The molecular formula is C25H25N5O2. The molecule has 1 unspecified atom stereocenters. The van der Waals surface area contributed by atoms with Crippen LogP contribution >= 0.6 is 0 Å². The fourth-order valence-corrected chi connectivity index (χ4v) is 4.46. The van der Waals surface area contributed by atoms with Crippen molar-refractivity contribution in [3.05, 3.63) is 71.7 Å². The normalized spacial score (nSPS) is 15.6. The zero-order valence-electron chi connectivity index (χ0n) is 18.3. The number of pyridine rings is 1. The van der Waals surface area contributed by atoms with Gasteiger partial charge in [0.1, 0.15) is 11.5 Å². The van der Waals surface area contributed by atoms with Gasteiger partial charge in [-0.3, -0.25) is 9.48 Å². The average molecular weight is 428 g/mol. The van der Waals surface area contributed by atoms with Crippen LogP contribution in [-0.2, 0) is 7.05 Å². The summed E-state index contributed by atoms with van der Waals surface area (Å²) in [6, 6.07) is 13.9. The molecule has 0 saturated carbocycles. The maximum absolute atomic E-state index is 12.4. The summed E-state index contributed by atoms with van der Waals surface area (Å²) >= 11 is 0. The van der Waals surface area contributed by atoms with Crippen LogP contribution in [0.15, 0.2) is 54.9 Å². The zero-order chi connectivity index (χ0) is 22.4. The quantitative estimate of drug-likeness (QED) is 0.519. The molecule has 1 amide bonds. The molecule has 0 radical (unpaired) electrons. The topological polar surface area (TPSA) is 83.3 Å². The van der Waals surface area contributed by atoms with E-state index in [1.807, 2.05) is 49.8 Å². The fourth-order valence-electron chi connectivity index (χ4n) is 4.46. The van der Waals surface area contributed by atoms with E-state index in [0.717, 1.165) is 44.5 Å². The molecule has 2 N–H and O–H groups in total. The molecule has 5 rings (SSSR count). The Hall–Kier alpha value is -3.71. The number of rotatable bonds is 3. The molecule has 32 heavy (non-hydrogen) atoms. The van der Waals surface area contributed by atoms with Gasteiger partial charge in [0.05, 0.1) is 12.3 Å². The predicted molar refractivity (Wildman–Crippen MR) is 125 cm³/mol. The van der Waals surface area contributed by atoms with Gasteiger partial charge in [-0.05, 0) is 48.1 Å². The van der Waals surface area contributed by atoms with Crippen molar-refractivity contribution >= 4 is 28.2 Å². The second-order valence-corrected chi connectivity index (χ2v) is 8.22. The number of carbonyl (C=O) groups excluding carboxylic acids is 1. The van der Waals surface area contributed by atoms with Gasteiger partial charge in [0, 0.05) is 49.0 Å². The first-order valence-corrected chi connectivity index (χ1v) is 10.7. The molecule has 1 aliphatic rings. The van der Waals surface area contributed by atoms with E-state index in [-0.39, 0.29) is 5.91 Å². The van der Waals surface area contributed by atoms with E-state index in [1.165, 1.54) is 0 Å². The number of carbonyl (C=O) groups is 1. The van der Waals surface area contributed by atoms with Crippen LogP contribution in [0.2, 0.25) is 0 Å². The van der Waals surface area contributed by atoms with Crippen LogP contribution < -0.4 is 10.2 Å². The van der Waals surface area contributed by atoms with Crippen molar-refractivity contribution in [2.24, 2.45) is 7.05 Å². The number of aryl methyl sites for hydroxylation is 2. The number of hydrogen-bond acceptors (Lipinski definition) is 5. The number of aromatic nitrogens is 3. The summed E-state index contributed by atoms with van der Waals surface area (Å²) in [7, 11) is 3.50. The number of nitrogens with one attached hydrogen (secondary N) is 1. The van der Waals surface area contributed by atoms with Gasteiger partial charge in [0.15, 0.2) is 0 Å². The molecule has 2 aromatic heterocycles. The lowest BCUT2D eigenvalue weighted by Gasteiger charge is -2.34. The molecule has 3 heterocycles. The second kappa shape index (κ2) is 7.76. The first-order valence-electron chi connectivity index (χ1n) is 10.7. The molecule has 2 aromatic carbocycles. The molecule has 1 atom stereocenters. The minimum absolute atomic E-state index is 0.225. The summed E-state index contributed by atoms with van der Waals surface area (Å²) in [6.45, 7) is 2.67. The summed E-state index contributed by atoms with van der Waals surface area (Å²) in [5, 5.41) is 19.7. The number of fused-ring (bicyclic) bond motifs is 2. The number of nitrogens with zero attached hydrogens (tertiary/aromatic N) is 4. The largest absolute Gasteiger partial charge is 0.388 e. The van der Waals surface area contributed by atoms with E-state index in [0.29, 0.717) is 18.7 Å². The van der Waals surface area contributed by atoms with Gasteiger partial charge < -0.3 is 15.3 Å². The highest BCUT2D eigenvalue weighted by Gasteiger charge is 2.28. The minimum Gasteiger partial charge on any atom is -0.388 e. The SMILES string of the molecule is CNC(=O)c1cc2ccccc2c(N2CCC(O)c3cc(-c4cnn(C)c4)c(C)cc32)n1. The molecule has 0 fully saturated rings. The number of amides is 1. The Balaban J connectivity index is 1.70. The maximum Gasteiger partial charge on any atom is 0.269 e. The number of benzene rings is 2. The van der Waals surface area contributed by atoms with Crippen molar-refractivity contribution in [1.29, 1.82) is 0 Å². The Kier molecular flexibility index (Phi) is 4.90. The average Bonchev–Trinajstić information content (AvgIpc) is 3.24. The van der Waals surface area contributed by atoms with E-state index in [9.17, 15) is 9.90 Å². The highest BCUT2D eigenvalue weighted by Crippen LogP contribution is 2.43. The highest BCUT2D eigenvalue weighted by molar-refractivity contribution is 6.01. The molecule has 4 aromatic rings. The van der Waals surface area contributed by atoms with Gasteiger partial charge in [-0.25, -0.2) is 4.98 Å². The van der Waals surface area contributed by atoms with Crippen LogP contribution in [0.4, 0.5) is 11.5 Å². The molecule has 7 nitrogen and oxygen atoms in total. The zero-order valence-corrected chi connectivity index (χ0v) is 18.3. The highest BCUT2D eigenvalue weighted by atomic mass is 16.3. The van der Waals surface area contributed by atoms with Crippen LogP contribution in [-0.4, -0.2) is 39.4 Å². The first kappa shape index (κ1) is 20.2. The van der Waals surface area contributed by atoms with E-state index in [1.54, 1.807) is 11.7 Å². The monoisotopic (exact) mass is 427 g/mol. The molecule has 0 bridgehead atoms. The molecule has 7 heteroatoms. The summed E-state index contributed by atoms with van der Waals surface area (Å²) in [5.74, 6) is 0.501. The van der Waals surface area contributed by atoms with Crippen LogP contribution in [0.25, 0.3) is 21.9 Å². The number of aliphatic hydroxyl groups excluding tert-OH is 1. The third-order valence-corrected chi connectivity index (χ3v) is 6.10. The van der Waals surface area contributed by atoms with Crippen LogP contribution in [0.3, 0.4) is 0 Å². The number of aliphatic hydroxyl groups is 1. The molecule has 0 aliphatic carbocycles. The fraction of sp³-hybridized carbons (Fsp3) is 0.240. The molecule has 0 saturated heterocycles. The summed E-state index contributed by atoms with van der Waals surface area (Å²) in [5.41, 5.74) is 5.30. The van der Waals surface area contributed by atoms with Crippen molar-refractivity contribution < 1.29 is 9.90 Å². The lowest BCUT2D eigenvalue weighted by molar-refractivity contribution is 0.0958. The number of anilines is 2.